The van der Waals surface area contributed by atoms with Gasteiger partial charge in [0.05, 0.1) is 9.40 Å². The van der Waals surface area contributed by atoms with E-state index in [9.17, 15) is 10.1 Å². The summed E-state index contributed by atoms with van der Waals surface area (Å²) in [6, 6.07) is 5.09. The molecular weight excluding hydrogens is 266 g/mol. The minimum atomic E-state index is -0.381. The average molecular weight is 276 g/mol. The van der Waals surface area contributed by atoms with Crippen molar-refractivity contribution in [1.29, 1.82) is 0 Å². The van der Waals surface area contributed by atoms with Crippen molar-refractivity contribution in [2.24, 2.45) is 0 Å². The van der Waals surface area contributed by atoms with Crippen molar-refractivity contribution in [3.8, 4) is 0 Å². The normalized spacial score (nSPS) is 10.1. The van der Waals surface area contributed by atoms with Crippen LogP contribution in [0.25, 0.3) is 0 Å². The summed E-state index contributed by atoms with van der Waals surface area (Å²) in [6.45, 7) is 0. The van der Waals surface area contributed by atoms with Crippen LogP contribution in [-0.4, -0.2) is 10.7 Å². The van der Waals surface area contributed by atoms with Gasteiger partial charge in [-0.25, -0.2) is 0 Å². The van der Waals surface area contributed by atoms with Crippen molar-refractivity contribution >= 4 is 34.2 Å². The van der Waals surface area contributed by atoms with Crippen LogP contribution in [0.15, 0.2) is 22.7 Å². The van der Waals surface area contributed by atoms with Gasteiger partial charge in [0.25, 0.3) is 5.69 Å². The Hall–Kier alpha value is -0.550. The van der Waals surface area contributed by atoms with Crippen LogP contribution in [0.2, 0.25) is 0 Å². The van der Waals surface area contributed by atoms with Gasteiger partial charge in [-0.05, 0) is 40.1 Å². The largest absolute Gasteiger partial charge is 0.283 e. The molecule has 1 aromatic carbocycles. The van der Waals surface area contributed by atoms with E-state index >= 15 is 0 Å². The summed E-state index contributed by atoms with van der Waals surface area (Å²) >= 11 is 7.35. The quantitative estimate of drug-likeness (QED) is 0.521. The van der Waals surface area contributed by atoms with Crippen LogP contribution in [0.1, 0.15) is 12.0 Å². The number of aryl methyl sites for hydroxylation is 1. The molecule has 0 aliphatic heterocycles. The Labute approximate surface area is 96.2 Å². The van der Waals surface area contributed by atoms with Gasteiger partial charge in [-0.2, -0.15) is 12.6 Å². The highest BCUT2D eigenvalue weighted by molar-refractivity contribution is 9.10. The van der Waals surface area contributed by atoms with Gasteiger partial charge in [-0.1, -0.05) is 12.1 Å². The molecular formula is C9H10BrNO2S. The van der Waals surface area contributed by atoms with E-state index in [1.54, 1.807) is 6.07 Å². The maximum Gasteiger partial charge on any atom is 0.283 e. The lowest BCUT2D eigenvalue weighted by Crippen LogP contribution is -1.94. The maximum atomic E-state index is 10.6. The predicted octanol–water partition coefficient (Wildman–Crippen LogP) is 3.22. The fourth-order valence-corrected chi connectivity index (χ4v) is 1.94. The summed E-state index contributed by atoms with van der Waals surface area (Å²) in [6.07, 6.45) is 1.73. The first-order valence-electron chi connectivity index (χ1n) is 4.19. The number of hydrogen-bond acceptors (Lipinski definition) is 3. The molecule has 3 nitrogen and oxygen atoms in total. The molecule has 0 amide bonds. The Morgan fingerprint density at radius 3 is 2.79 bits per heavy atom. The third-order valence-corrected chi connectivity index (χ3v) is 3.09. The van der Waals surface area contributed by atoms with E-state index in [1.165, 1.54) is 6.07 Å². The second kappa shape index (κ2) is 5.36. The van der Waals surface area contributed by atoms with Crippen molar-refractivity contribution < 1.29 is 4.92 Å². The number of thiol groups is 1. The number of hydrogen-bond donors (Lipinski definition) is 1. The van der Waals surface area contributed by atoms with Crippen molar-refractivity contribution in [3.63, 3.8) is 0 Å². The Morgan fingerprint density at radius 1 is 1.50 bits per heavy atom. The van der Waals surface area contributed by atoms with E-state index in [0.717, 1.165) is 24.2 Å². The topological polar surface area (TPSA) is 43.1 Å². The smallest absolute Gasteiger partial charge is 0.258 e. The molecule has 0 atom stereocenters. The van der Waals surface area contributed by atoms with E-state index in [1.807, 2.05) is 6.07 Å². The summed E-state index contributed by atoms with van der Waals surface area (Å²) in [5, 5.41) is 10.6. The van der Waals surface area contributed by atoms with Gasteiger partial charge in [-0.15, -0.1) is 0 Å². The van der Waals surface area contributed by atoms with Crippen LogP contribution in [-0.2, 0) is 6.42 Å². The Morgan fingerprint density at radius 2 is 2.21 bits per heavy atom. The Balaban J connectivity index is 2.95. The zero-order valence-corrected chi connectivity index (χ0v) is 9.92. The Kier molecular flexibility index (Phi) is 4.41. The molecule has 1 rings (SSSR count). The van der Waals surface area contributed by atoms with Crippen LogP contribution < -0.4 is 0 Å². The average Bonchev–Trinajstić information content (AvgIpc) is 2.16. The van der Waals surface area contributed by atoms with Gasteiger partial charge in [0.1, 0.15) is 0 Å². The molecule has 0 fully saturated rings. The van der Waals surface area contributed by atoms with Crippen LogP contribution in [0.3, 0.4) is 0 Å². The fraction of sp³-hybridized carbons (Fsp3) is 0.333. The molecule has 0 bridgehead atoms. The first-order valence-corrected chi connectivity index (χ1v) is 5.62. The highest BCUT2D eigenvalue weighted by Crippen LogP contribution is 2.28. The molecule has 0 spiro atoms. The van der Waals surface area contributed by atoms with Crippen molar-refractivity contribution in [3.05, 3.63) is 38.3 Å². The van der Waals surface area contributed by atoms with Crippen LogP contribution in [0.4, 0.5) is 5.69 Å². The van der Waals surface area contributed by atoms with Gasteiger partial charge in [-0.3, -0.25) is 10.1 Å². The summed E-state index contributed by atoms with van der Waals surface area (Å²) in [4.78, 5) is 10.2. The predicted molar refractivity (Wildman–Crippen MR) is 63.0 cm³/mol. The second-order valence-electron chi connectivity index (χ2n) is 2.83. The standard InChI is InChI=1S/C9H10BrNO2S/c10-9-7(4-2-6-14)3-1-5-8(9)11(12)13/h1,3,5,14H,2,4,6H2. The molecule has 0 heterocycles. The molecule has 76 valence electrons. The fourth-order valence-electron chi connectivity index (χ4n) is 1.17. The van der Waals surface area contributed by atoms with Gasteiger partial charge < -0.3 is 0 Å². The summed E-state index contributed by atoms with van der Waals surface area (Å²) in [7, 11) is 0. The Bertz CT molecular complexity index is 344. The third kappa shape index (κ3) is 2.72. The molecule has 0 saturated heterocycles. The first-order chi connectivity index (χ1) is 6.66. The van der Waals surface area contributed by atoms with E-state index in [0.29, 0.717) is 4.47 Å². The minimum Gasteiger partial charge on any atom is -0.258 e. The number of halogens is 1. The SMILES string of the molecule is O=[N+]([O-])c1cccc(CCCS)c1Br. The van der Waals surface area contributed by atoms with Crippen LogP contribution in [0, 0.1) is 10.1 Å². The molecule has 0 aliphatic rings. The van der Waals surface area contributed by atoms with E-state index in [2.05, 4.69) is 28.6 Å². The first kappa shape index (κ1) is 11.5. The maximum absolute atomic E-state index is 10.6. The number of nitro benzene ring substituents is 1. The number of nitrogens with zero attached hydrogens (tertiary/aromatic N) is 1. The summed E-state index contributed by atoms with van der Waals surface area (Å²) in [5.41, 5.74) is 1.09. The minimum absolute atomic E-state index is 0.127. The lowest BCUT2D eigenvalue weighted by Gasteiger charge is -2.03. The second-order valence-corrected chi connectivity index (χ2v) is 4.07. The monoisotopic (exact) mass is 275 g/mol. The number of rotatable bonds is 4. The molecule has 14 heavy (non-hydrogen) atoms. The van der Waals surface area contributed by atoms with E-state index in [-0.39, 0.29) is 10.6 Å². The van der Waals surface area contributed by atoms with Gasteiger partial charge in [0, 0.05) is 6.07 Å². The summed E-state index contributed by atoms with van der Waals surface area (Å²) < 4.78 is 0.590. The molecule has 0 radical (unpaired) electrons. The van der Waals surface area contributed by atoms with Crippen LogP contribution >= 0.6 is 28.6 Å². The van der Waals surface area contributed by atoms with Gasteiger partial charge in [0.2, 0.25) is 0 Å². The highest BCUT2D eigenvalue weighted by Gasteiger charge is 2.13. The molecule has 0 aromatic heterocycles. The highest BCUT2D eigenvalue weighted by atomic mass is 79.9. The third-order valence-electron chi connectivity index (χ3n) is 1.86. The molecule has 1 aromatic rings. The molecule has 0 unspecified atom stereocenters. The molecule has 0 aliphatic carbocycles. The van der Waals surface area contributed by atoms with Crippen molar-refractivity contribution in [2.45, 2.75) is 12.8 Å². The zero-order valence-electron chi connectivity index (χ0n) is 7.44. The molecule has 0 N–H and O–H groups in total. The van der Waals surface area contributed by atoms with Gasteiger partial charge in [0.15, 0.2) is 0 Å². The van der Waals surface area contributed by atoms with E-state index in [4.69, 9.17) is 0 Å². The summed E-state index contributed by atoms with van der Waals surface area (Å²) in [5.74, 6) is 0.787. The lowest BCUT2D eigenvalue weighted by molar-refractivity contribution is -0.385. The van der Waals surface area contributed by atoms with Gasteiger partial charge >= 0.3 is 0 Å². The van der Waals surface area contributed by atoms with Crippen molar-refractivity contribution in [1.82, 2.24) is 0 Å². The number of benzene rings is 1. The zero-order chi connectivity index (χ0) is 10.6. The van der Waals surface area contributed by atoms with Crippen LogP contribution in [0.5, 0.6) is 0 Å². The lowest BCUT2D eigenvalue weighted by atomic mass is 10.1. The number of nitro groups is 1. The van der Waals surface area contributed by atoms with E-state index < -0.39 is 0 Å². The molecule has 0 saturated carbocycles. The molecule has 5 heteroatoms. The van der Waals surface area contributed by atoms with Crippen molar-refractivity contribution in [2.75, 3.05) is 5.75 Å².